The molecule has 0 radical (unpaired) electrons. The number of aromatic nitrogens is 5. The largest absolute Gasteiger partial charge is 0.408 e. The van der Waals surface area contributed by atoms with Crippen LogP contribution in [0.2, 0.25) is 0 Å². The fraction of sp³-hybridized carbons (Fsp3) is 0.143. The van der Waals surface area contributed by atoms with E-state index >= 15 is 0 Å². The van der Waals surface area contributed by atoms with Crippen molar-refractivity contribution in [2.45, 2.75) is 12.7 Å². The predicted molar refractivity (Wildman–Crippen MR) is 114 cm³/mol. The second kappa shape index (κ2) is 8.17. The molecule has 2 N–H and O–H groups in total. The molecule has 0 aliphatic carbocycles. The first-order valence-electron chi connectivity index (χ1n) is 9.44. The predicted octanol–water partition coefficient (Wildman–Crippen LogP) is 4.26. The van der Waals surface area contributed by atoms with E-state index in [2.05, 4.69) is 32.3 Å². The van der Waals surface area contributed by atoms with Crippen molar-refractivity contribution in [3.05, 3.63) is 61.7 Å². The summed E-state index contributed by atoms with van der Waals surface area (Å²) < 4.78 is 40.3. The molecule has 0 saturated carbocycles. The molecule has 0 atom stereocenters. The Bertz CT molecular complexity index is 1310. The molecule has 164 valence electrons. The Balaban J connectivity index is 1.60. The lowest BCUT2D eigenvalue weighted by atomic mass is 10.1. The van der Waals surface area contributed by atoms with Crippen LogP contribution in [-0.4, -0.2) is 36.4 Å². The summed E-state index contributed by atoms with van der Waals surface area (Å²) in [6.45, 7) is 2.26. The number of alkyl halides is 3. The van der Waals surface area contributed by atoms with Crippen LogP contribution in [0.3, 0.4) is 0 Å². The van der Waals surface area contributed by atoms with Gasteiger partial charge in [0.25, 0.3) is 0 Å². The van der Waals surface area contributed by atoms with Crippen molar-refractivity contribution in [2.24, 2.45) is 7.05 Å². The number of nitrogens with one attached hydrogen (secondary N) is 2. The molecule has 1 amide bonds. The number of rotatable bonds is 6. The first-order valence-corrected chi connectivity index (χ1v) is 9.44. The minimum absolute atomic E-state index is 0.223. The number of amides is 1. The van der Waals surface area contributed by atoms with Crippen molar-refractivity contribution in [1.82, 2.24) is 24.3 Å². The maximum atomic E-state index is 12.5. The maximum absolute atomic E-state index is 12.5. The standard InChI is InChI=1S/C21H18F3N7O/c1-3-19(32)27-13-4-5-15-16(11-30(2)18(15)8-13)17-6-7-25-20(29-17)28-14-9-26-31(10-14)12-21(22,23)24/h3-11H,1,12H2,2H3,(H,27,32)(H,25,28,29). The first-order chi connectivity index (χ1) is 15.2. The van der Waals surface area contributed by atoms with Gasteiger partial charge in [-0.05, 0) is 24.3 Å². The molecule has 8 nitrogen and oxygen atoms in total. The highest BCUT2D eigenvalue weighted by Gasteiger charge is 2.28. The molecular weight excluding hydrogens is 423 g/mol. The number of aryl methyl sites for hydroxylation is 1. The van der Waals surface area contributed by atoms with Crippen molar-refractivity contribution < 1.29 is 18.0 Å². The van der Waals surface area contributed by atoms with Gasteiger partial charge >= 0.3 is 6.18 Å². The Hall–Kier alpha value is -4.15. The molecule has 0 unspecified atom stereocenters. The van der Waals surface area contributed by atoms with E-state index in [4.69, 9.17) is 0 Å². The van der Waals surface area contributed by atoms with Crippen LogP contribution in [0.5, 0.6) is 0 Å². The number of carbonyl (C=O) groups is 1. The van der Waals surface area contributed by atoms with Gasteiger partial charge in [0.05, 0.1) is 23.1 Å². The highest BCUT2D eigenvalue weighted by Crippen LogP contribution is 2.31. The Morgan fingerprint density at radius 3 is 2.78 bits per heavy atom. The summed E-state index contributed by atoms with van der Waals surface area (Å²) in [6, 6.07) is 7.23. The smallest absolute Gasteiger partial charge is 0.350 e. The van der Waals surface area contributed by atoms with Crippen LogP contribution in [0.15, 0.2) is 61.7 Å². The zero-order valence-corrected chi connectivity index (χ0v) is 16.9. The van der Waals surface area contributed by atoms with Gasteiger partial charge in [0.1, 0.15) is 6.54 Å². The molecule has 32 heavy (non-hydrogen) atoms. The van der Waals surface area contributed by atoms with E-state index in [1.807, 2.05) is 29.9 Å². The molecule has 0 aliphatic rings. The minimum atomic E-state index is -4.36. The van der Waals surface area contributed by atoms with E-state index in [1.165, 1.54) is 18.5 Å². The van der Waals surface area contributed by atoms with Crippen LogP contribution in [0.25, 0.3) is 22.2 Å². The molecule has 0 aliphatic heterocycles. The van der Waals surface area contributed by atoms with Crippen molar-refractivity contribution in [2.75, 3.05) is 10.6 Å². The highest BCUT2D eigenvalue weighted by molar-refractivity contribution is 6.02. The van der Waals surface area contributed by atoms with Crippen LogP contribution >= 0.6 is 0 Å². The number of fused-ring (bicyclic) bond motifs is 1. The molecule has 11 heteroatoms. The molecule has 0 bridgehead atoms. The van der Waals surface area contributed by atoms with E-state index in [-0.39, 0.29) is 11.9 Å². The number of carbonyl (C=O) groups excluding carboxylic acids is 1. The topological polar surface area (TPSA) is 89.7 Å². The molecule has 3 aromatic heterocycles. The maximum Gasteiger partial charge on any atom is 0.408 e. The van der Waals surface area contributed by atoms with Gasteiger partial charge in [-0.2, -0.15) is 18.3 Å². The lowest BCUT2D eigenvalue weighted by Gasteiger charge is -2.06. The van der Waals surface area contributed by atoms with E-state index in [1.54, 1.807) is 18.3 Å². The molecule has 0 saturated heterocycles. The van der Waals surface area contributed by atoms with Gasteiger partial charge in [0.15, 0.2) is 0 Å². The summed E-state index contributed by atoms with van der Waals surface area (Å²) in [5.74, 6) is -0.0789. The average molecular weight is 441 g/mol. The van der Waals surface area contributed by atoms with E-state index < -0.39 is 12.7 Å². The second-order valence-electron chi connectivity index (χ2n) is 7.01. The SMILES string of the molecule is C=CC(=O)Nc1ccc2c(-c3ccnc(Nc4cnn(CC(F)(F)F)c4)n3)cn(C)c2c1. The van der Waals surface area contributed by atoms with Gasteiger partial charge in [0, 0.05) is 42.3 Å². The minimum Gasteiger partial charge on any atom is -0.350 e. The van der Waals surface area contributed by atoms with Crippen molar-refractivity contribution >= 4 is 34.1 Å². The number of halogens is 3. The van der Waals surface area contributed by atoms with Crippen LogP contribution in [0.4, 0.5) is 30.5 Å². The quantitative estimate of drug-likeness (QED) is 0.437. The van der Waals surface area contributed by atoms with Crippen molar-refractivity contribution in [3.8, 4) is 11.3 Å². The highest BCUT2D eigenvalue weighted by atomic mass is 19.4. The lowest BCUT2D eigenvalue weighted by Crippen LogP contribution is -2.17. The average Bonchev–Trinajstić information content (AvgIpc) is 3.30. The van der Waals surface area contributed by atoms with Crippen LogP contribution < -0.4 is 10.6 Å². The molecular formula is C21H18F3N7O. The molecule has 0 fully saturated rings. The molecule has 0 spiro atoms. The number of nitrogens with zero attached hydrogens (tertiary/aromatic N) is 5. The third-order valence-electron chi connectivity index (χ3n) is 4.61. The van der Waals surface area contributed by atoms with Crippen LogP contribution in [-0.2, 0) is 18.4 Å². The fourth-order valence-electron chi connectivity index (χ4n) is 3.26. The molecule has 1 aromatic carbocycles. The second-order valence-corrected chi connectivity index (χ2v) is 7.01. The number of anilines is 3. The van der Waals surface area contributed by atoms with Gasteiger partial charge in [-0.1, -0.05) is 12.6 Å². The van der Waals surface area contributed by atoms with Gasteiger partial charge in [-0.25, -0.2) is 9.97 Å². The summed E-state index contributed by atoms with van der Waals surface area (Å²) in [4.78, 5) is 20.2. The zero-order valence-electron chi connectivity index (χ0n) is 16.9. The Labute approximate surface area is 180 Å². The first kappa shape index (κ1) is 21.1. The third-order valence-corrected chi connectivity index (χ3v) is 4.61. The fourth-order valence-corrected chi connectivity index (χ4v) is 3.26. The van der Waals surface area contributed by atoms with E-state index in [9.17, 15) is 18.0 Å². The van der Waals surface area contributed by atoms with Crippen LogP contribution in [0.1, 0.15) is 0 Å². The summed E-state index contributed by atoms with van der Waals surface area (Å²) in [5, 5.41) is 10.2. The monoisotopic (exact) mass is 441 g/mol. The number of hydrogen-bond acceptors (Lipinski definition) is 5. The van der Waals surface area contributed by atoms with Gasteiger partial charge in [0.2, 0.25) is 11.9 Å². The summed E-state index contributed by atoms with van der Waals surface area (Å²) in [7, 11) is 1.88. The van der Waals surface area contributed by atoms with Gasteiger partial charge < -0.3 is 15.2 Å². The van der Waals surface area contributed by atoms with Crippen LogP contribution in [0, 0.1) is 0 Å². The van der Waals surface area contributed by atoms with Gasteiger partial charge in [-0.3, -0.25) is 9.48 Å². The van der Waals surface area contributed by atoms with E-state index in [0.29, 0.717) is 17.1 Å². The Morgan fingerprint density at radius 2 is 2.03 bits per heavy atom. The Morgan fingerprint density at radius 1 is 1.22 bits per heavy atom. The number of hydrogen-bond donors (Lipinski definition) is 2. The normalized spacial score (nSPS) is 11.5. The molecule has 3 heterocycles. The summed E-state index contributed by atoms with van der Waals surface area (Å²) in [6.07, 6.45) is 2.81. The third kappa shape index (κ3) is 4.61. The lowest BCUT2D eigenvalue weighted by molar-refractivity contribution is -0.142. The number of benzene rings is 1. The molecule has 4 aromatic rings. The van der Waals surface area contributed by atoms with E-state index in [0.717, 1.165) is 21.1 Å². The van der Waals surface area contributed by atoms with Crippen molar-refractivity contribution in [3.63, 3.8) is 0 Å². The Kier molecular flexibility index (Phi) is 5.39. The van der Waals surface area contributed by atoms with Gasteiger partial charge in [-0.15, -0.1) is 0 Å². The van der Waals surface area contributed by atoms with Crippen molar-refractivity contribution in [1.29, 1.82) is 0 Å². The zero-order chi connectivity index (χ0) is 22.9. The summed E-state index contributed by atoms with van der Waals surface area (Å²) in [5.41, 5.74) is 3.31. The summed E-state index contributed by atoms with van der Waals surface area (Å²) >= 11 is 0. The molecule has 4 rings (SSSR count).